The van der Waals surface area contributed by atoms with E-state index in [1.807, 2.05) is 6.92 Å². The van der Waals surface area contributed by atoms with E-state index in [0.29, 0.717) is 12.3 Å². The van der Waals surface area contributed by atoms with Crippen molar-refractivity contribution in [2.75, 3.05) is 13.2 Å². The Balaban J connectivity index is 1.62. The quantitative estimate of drug-likeness (QED) is 0.345. The Morgan fingerprint density at radius 2 is 1.46 bits per heavy atom. The van der Waals surface area contributed by atoms with Gasteiger partial charge in [-0.05, 0) is 96.2 Å². The molecule has 4 saturated carbocycles. The minimum atomic E-state index is -0.703. The Labute approximate surface area is 224 Å². The van der Waals surface area contributed by atoms with E-state index in [4.69, 9.17) is 0 Å². The molecule has 5 aliphatic rings. The van der Waals surface area contributed by atoms with Crippen molar-refractivity contribution in [1.82, 2.24) is 0 Å². The van der Waals surface area contributed by atoms with Gasteiger partial charge in [0.25, 0.3) is 0 Å². The second-order valence-electron chi connectivity index (χ2n) is 15.9. The van der Waals surface area contributed by atoms with Crippen LogP contribution in [0.5, 0.6) is 0 Å². The maximum Gasteiger partial charge on any atom is 0.0630 e. The average Bonchev–Trinajstić information content (AvgIpc) is 2.95. The van der Waals surface area contributed by atoms with Crippen LogP contribution in [0.4, 0.5) is 0 Å². The third-order valence-electron chi connectivity index (χ3n) is 14.4. The van der Waals surface area contributed by atoms with Gasteiger partial charge in [0, 0.05) is 10.8 Å². The largest absolute Gasteiger partial charge is 0.396 e. The lowest BCUT2D eigenvalue weighted by atomic mass is 9.33. The molecule has 4 fully saturated rings. The van der Waals surface area contributed by atoms with E-state index in [0.717, 1.165) is 38.5 Å². The van der Waals surface area contributed by atoms with Gasteiger partial charge < -0.3 is 25.5 Å². The van der Waals surface area contributed by atoms with Gasteiger partial charge in [-0.25, -0.2) is 0 Å². The molecule has 0 spiro atoms. The number of hydrogen-bond acceptors (Lipinski definition) is 5. The highest BCUT2D eigenvalue weighted by Crippen LogP contribution is 2.75. The Bertz CT molecular complexity index is 932. The van der Waals surface area contributed by atoms with Gasteiger partial charge in [0.1, 0.15) is 0 Å². The van der Waals surface area contributed by atoms with E-state index >= 15 is 0 Å². The van der Waals surface area contributed by atoms with Crippen molar-refractivity contribution in [3.8, 4) is 0 Å². The molecule has 5 nitrogen and oxygen atoms in total. The summed E-state index contributed by atoms with van der Waals surface area (Å²) in [5.74, 6) is 0.758. The van der Waals surface area contributed by atoms with Crippen molar-refractivity contribution in [3.05, 3.63) is 12.2 Å². The summed E-state index contributed by atoms with van der Waals surface area (Å²) < 4.78 is 0. The molecule has 0 aliphatic heterocycles. The van der Waals surface area contributed by atoms with Crippen LogP contribution < -0.4 is 0 Å². The van der Waals surface area contributed by atoms with Crippen molar-refractivity contribution in [2.24, 2.45) is 62.1 Å². The molecule has 0 aromatic rings. The van der Waals surface area contributed by atoms with E-state index in [9.17, 15) is 25.5 Å². The van der Waals surface area contributed by atoms with Crippen LogP contribution >= 0.6 is 0 Å². The number of fused-ring (bicyclic) bond motifs is 7. The maximum absolute atomic E-state index is 12.0. The molecule has 13 atom stereocenters. The summed E-state index contributed by atoms with van der Waals surface area (Å²) in [6.07, 6.45) is 9.21. The van der Waals surface area contributed by atoms with Crippen LogP contribution in [0.2, 0.25) is 0 Å². The number of aliphatic hydroxyl groups is 5. The summed E-state index contributed by atoms with van der Waals surface area (Å²) in [5, 5.41) is 55.7. The third-order valence-corrected chi connectivity index (χ3v) is 14.4. The van der Waals surface area contributed by atoms with E-state index in [2.05, 4.69) is 53.7 Å². The van der Waals surface area contributed by atoms with Crippen molar-refractivity contribution in [2.45, 2.75) is 112 Å². The van der Waals surface area contributed by atoms with Gasteiger partial charge in [0.05, 0.1) is 31.5 Å². The van der Waals surface area contributed by atoms with Crippen LogP contribution in [0.3, 0.4) is 0 Å². The van der Waals surface area contributed by atoms with Crippen molar-refractivity contribution in [1.29, 1.82) is 0 Å². The third kappa shape index (κ3) is 3.27. The van der Waals surface area contributed by atoms with E-state index in [-0.39, 0.29) is 58.5 Å². The van der Waals surface area contributed by atoms with Crippen LogP contribution in [0, 0.1) is 62.1 Å². The summed E-state index contributed by atoms with van der Waals surface area (Å²) in [6.45, 7) is 15.7. The molecule has 0 amide bonds. The van der Waals surface area contributed by atoms with Gasteiger partial charge in [-0.2, -0.15) is 0 Å². The molecule has 5 aliphatic carbocycles. The first-order valence-corrected chi connectivity index (χ1v) is 15.0. The number of aliphatic hydroxyl groups excluding tert-OH is 5. The fourth-order valence-corrected chi connectivity index (χ4v) is 11.8. The Morgan fingerprint density at radius 3 is 2.08 bits per heavy atom. The molecule has 0 bridgehead atoms. The van der Waals surface area contributed by atoms with Crippen molar-refractivity contribution >= 4 is 0 Å². The second-order valence-corrected chi connectivity index (χ2v) is 15.9. The lowest BCUT2D eigenvalue weighted by molar-refractivity contribution is -0.273. The number of allylic oxidation sites excluding steroid dienone is 2. The predicted octanol–water partition coefficient (Wildman–Crippen LogP) is 4.55. The van der Waals surface area contributed by atoms with Gasteiger partial charge in [-0.15, -0.1) is 0 Å². The highest BCUT2D eigenvalue weighted by Gasteiger charge is 2.72. The maximum atomic E-state index is 12.0. The Morgan fingerprint density at radius 1 is 0.784 bits per heavy atom. The van der Waals surface area contributed by atoms with Crippen LogP contribution in [-0.2, 0) is 0 Å². The number of hydrogen-bond donors (Lipinski definition) is 5. The molecule has 5 heteroatoms. The summed E-state index contributed by atoms with van der Waals surface area (Å²) >= 11 is 0. The topological polar surface area (TPSA) is 101 Å². The zero-order valence-corrected chi connectivity index (χ0v) is 24.4. The minimum absolute atomic E-state index is 0.00224. The molecule has 0 heterocycles. The van der Waals surface area contributed by atoms with Gasteiger partial charge in [0.15, 0.2) is 0 Å². The first kappa shape index (κ1) is 28.1. The first-order valence-electron chi connectivity index (χ1n) is 15.0. The number of rotatable bonds is 2. The highest BCUT2D eigenvalue weighted by atomic mass is 16.3. The molecule has 0 saturated heterocycles. The lowest BCUT2D eigenvalue weighted by Gasteiger charge is -2.71. The molecule has 0 aromatic carbocycles. The lowest BCUT2D eigenvalue weighted by Crippen LogP contribution is -2.70. The normalized spacial score (nSPS) is 58.9. The van der Waals surface area contributed by atoms with Crippen LogP contribution in [0.25, 0.3) is 0 Å². The first-order chi connectivity index (χ1) is 17.1. The van der Waals surface area contributed by atoms with E-state index in [1.165, 1.54) is 0 Å². The van der Waals surface area contributed by atoms with Crippen molar-refractivity contribution < 1.29 is 25.5 Å². The predicted molar refractivity (Wildman–Crippen MR) is 145 cm³/mol. The molecule has 37 heavy (non-hydrogen) atoms. The second kappa shape index (κ2) is 8.52. The van der Waals surface area contributed by atoms with Crippen LogP contribution in [0.15, 0.2) is 12.2 Å². The molecular weight excluding hydrogens is 464 g/mol. The van der Waals surface area contributed by atoms with Gasteiger partial charge in [-0.3, -0.25) is 0 Å². The van der Waals surface area contributed by atoms with Crippen molar-refractivity contribution in [3.63, 3.8) is 0 Å². The molecule has 0 radical (unpaired) electrons. The van der Waals surface area contributed by atoms with Crippen LogP contribution in [-0.4, -0.2) is 57.1 Å². The Hall–Kier alpha value is -0.460. The van der Waals surface area contributed by atoms with Gasteiger partial charge in [0.2, 0.25) is 0 Å². The van der Waals surface area contributed by atoms with E-state index in [1.54, 1.807) is 0 Å². The van der Waals surface area contributed by atoms with Gasteiger partial charge in [-0.1, -0.05) is 60.6 Å². The molecule has 5 rings (SSSR count). The monoisotopic (exact) mass is 518 g/mol. The summed E-state index contributed by atoms with van der Waals surface area (Å²) in [4.78, 5) is 0. The fourth-order valence-electron chi connectivity index (χ4n) is 11.8. The minimum Gasteiger partial charge on any atom is -0.396 e. The Kier molecular flexibility index (Phi) is 6.47. The van der Waals surface area contributed by atoms with Crippen LogP contribution in [0.1, 0.15) is 93.4 Å². The fraction of sp³-hybridized carbons (Fsp3) is 0.938. The smallest absolute Gasteiger partial charge is 0.0630 e. The standard InChI is InChI=1S/C32H54O5/c1-19-26(37)27(2,3)15-21-20-9-8-10-23-28(4)13-12-24(35)29(5,17-33)22(28)11-14-30(23,6)31(20,7)16-25(36)32(19,21)18-34/h8-9,19-26,33-37H,10-18H2,1-7H3/t19-,20?,21?,22?,23?,24-,25+,26-,28-,29+,30+,31+,32-/m0/s1. The molecule has 0 aromatic heterocycles. The molecule has 4 unspecified atom stereocenters. The summed E-state index contributed by atoms with van der Waals surface area (Å²) in [7, 11) is 0. The van der Waals surface area contributed by atoms with E-state index < -0.39 is 29.1 Å². The van der Waals surface area contributed by atoms with Gasteiger partial charge >= 0.3 is 0 Å². The molecule has 5 N–H and O–H groups in total. The summed E-state index contributed by atoms with van der Waals surface area (Å²) in [5.41, 5.74) is -1.67. The molecular formula is C32H54O5. The zero-order valence-electron chi connectivity index (χ0n) is 24.4. The SMILES string of the molecule is C[C@H]1[C@H](O)C(C)(C)CC2C3C=CCC4[C@@]5(C)CC[C@H](O)[C@](C)(CO)C5CC[C@@]4(C)[C@]3(C)C[C@@H](O)[C@]21CO. The highest BCUT2D eigenvalue weighted by molar-refractivity contribution is 5.25. The summed E-state index contributed by atoms with van der Waals surface area (Å²) in [6, 6.07) is 0. The average molecular weight is 519 g/mol. The molecule has 212 valence electrons. The zero-order chi connectivity index (χ0) is 27.4.